The summed E-state index contributed by atoms with van der Waals surface area (Å²) in [6.07, 6.45) is 0. The van der Waals surface area contributed by atoms with Gasteiger partial charge >= 0.3 is 0 Å². The fourth-order valence-electron chi connectivity index (χ4n) is 9.43. The first-order valence-electron chi connectivity index (χ1n) is 19.6. The number of para-hydroxylation sites is 2. The molecule has 0 aliphatic heterocycles. The van der Waals surface area contributed by atoms with Crippen molar-refractivity contribution >= 4 is 60.2 Å². The third kappa shape index (κ3) is 5.01. The second-order valence-electron chi connectivity index (χ2n) is 15.7. The molecule has 11 rings (SSSR count). The molecule has 56 heavy (non-hydrogen) atoms. The van der Waals surface area contributed by atoms with Crippen molar-refractivity contribution in [2.24, 2.45) is 0 Å². The Kier molecular flexibility index (Phi) is 7.28. The number of nitrogens with zero attached hydrogens (tertiary/aromatic N) is 1. The van der Waals surface area contributed by atoms with Crippen molar-refractivity contribution in [3.63, 3.8) is 0 Å². The first-order chi connectivity index (χ1) is 27.5. The minimum Gasteiger partial charge on any atom is -0.309 e. The molecule has 1 nitrogen and oxygen atoms in total. The van der Waals surface area contributed by atoms with E-state index in [9.17, 15) is 0 Å². The standard InChI is InChI=1S/C55H39N/c1-55(2)51-20-10-7-19-49(51)50-32-29-42(35-52(50)55)56(53-21-11-8-17-47(53)40-27-30-45-38(33-40)25-23-36-13-3-5-15-43(36)45)54-22-12-9-18-48(54)41-28-31-46-39(34-41)26-24-37-14-4-6-16-44(37)46/h3-35H,1-2H3. The first kappa shape index (κ1) is 32.5. The van der Waals surface area contributed by atoms with Crippen LogP contribution in [0.2, 0.25) is 0 Å². The van der Waals surface area contributed by atoms with Crippen molar-refractivity contribution < 1.29 is 0 Å². The van der Waals surface area contributed by atoms with Crippen LogP contribution >= 0.6 is 0 Å². The molecular formula is C55H39N. The van der Waals surface area contributed by atoms with Gasteiger partial charge in [0.1, 0.15) is 0 Å². The molecule has 0 N–H and O–H groups in total. The topological polar surface area (TPSA) is 3.24 Å². The third-order valence-corrected chi connectivity index (χ3v) is 12.2. The van der Waals surface area contributed by atoms with Crippen LogP contribution in [0, 0.1) is 0 Å². The van der Waals surface area contributed by atoms with Gasteiger partial charge in [0.25, 0.3) is 0 Å². The molecule has 1 aliphatic rings. The van der Waals surface area contributed by atoms with E-state index in [1.807, 2.05) is 0 Å². The summed E-state index contributed by atoms with van der Waals surface area (Å²) in [6, 6.07) is 74.1. The molecule has 1 heteroatoms. The van der Waals surface area contributed by atoms with E-state index in [4.69, 9.17) is 0 Å². The highest BCUT2D eigenvalue weighted by atomic mass is 15.1. The van der Waals surface area contributed by atoms with Crippen molar-refractivity contribution in [1.29, 1.82) is 0 Å². The molecule has 0 fully saturated rings. The predicted molar refractivity (Wildman–Crippen MR) is 240 cm³/mol. The van der Waals surface area contributed by atoms with E-state index in [-0.39, 0.29) is 5.41 Å². The smallest absolute Gasteiger partial charge is 0.0540 e. The van der Waals surface area contributed by atoms with Gasteiger partial charge in [-0.25, -0.2) is 0 Å². The molecule has 0 aromatic heterocycles. The highest BCUT2D eigenvalue weighted by Crippen LogP contribution is 2.52. The van der Waals surface area contributed by atoms with Crippen molar-refractivity contribution in [3.8, 4) is 33.4 Å². The van der Waals surface area contributed by atoms with Gasteiger partial charge in [0.2, 0.25) is 0 Å². The molecular weight excluding hydrogens is 675 g/mol. The van der Waals surface area contributed by atoms with Gasteiger partial charge in [-0.05, 0) is 113 Å². The largest absolute Gasteiger partial charge is 0.309 e. The summed E-state index contributed by atoms with van der Waals surface area (Å²) in [4.78, 5) is 2.50. The number of hydrogen-bond donors (Lipinski definition) is 0. The summed E-state index contributed by atoms with van der Waals surface area (Å²) >= 11 is 0. The zero-order chi connectivity index (χ0) is 37.4. The lowest BCUT2D eigenvalue weighted by Crippen LogP contribution is -2.17. The van der Waals surface area contributed by atoms with Crippen molar-refractivity contribution in [2.45, 2.75) is 19.3 Å². The molecule has 0 amide bonds. The minimum absolute atomic E-state index is 0.130. The van der Waals surface area contributed by atoms with Crippen molar-refractivity contribution in [3.05, 3.63) is 211 Å². The van der Waals surface area contributed by atoms with E-state index in [1.165, 1.54) is 87.6 Å². The van der Waals surface area contributed by atoms with Gasteiger partial charge in [0, 0.05) is 22.2 Å². The molecule has 0 saturated heterocycles. The van der Waals surface area contributed by atoms with Gasteiger partial charge in [0.15, 0.2) is 0 Å². The molecule has 10 aromatic rings. The maximum Gasteiger partial charge on any atom is 0.0540 e. The summed E-state index contributed by atoms with van der Waals surface area (Å²) in [5.41, 5.74) is 13.4. The minimum atomic E-state index is -0.130. The molecule has 0 heterocycles. The Morgan fingerprint density at radius 3 is 1.36 bits per heavy atom. The van der Waals surface area contributed by atoms with Crippen LogP contribution < -0.4 is 4.90 Å². The van der Waals surface area contributed by atoms with Gasteiger partial charge < -0.3 is 4.90 Å². The Bertz CT molecular complexity index is 3020. The maximum atomic E-state index is 2.50. The van der Waals surface area contributed by atoms with E-state index >= 15 is 0 Å². The van der Waals surface area contributed by atoms with E-state index in [2.05, 4.69) is 219 Å². The van der Waals surface area contributed by atoms with Gasteiger partial charge in [-0.2, -0.15) is 0 Å². The molecule has 0 radical (unpaired) electrons. The van der Waals surface area contributed by atoms with Crippen molar-refractivity contribution in [2.75, 3.05) is 4.90 Å². The summed E-state index contributed by atoms with van der Waals surface area (Å²) in [5, 5.41) is 10.1. The van der Waals surface area contributed by atoms with Crippen LogP contribution in [0.3, 0.4) is 0 Å². The molecule has 0 atom stereocenters. The first-order valence-corrected chi connectivity index (χ1v) is 19.6. The SMILES string of the molecule is CC1(C)c2ccccc2-c2ccc(N(c3ccccc3-c3ccc4c(ccc5ccccc54)c3)c3ccccc3-c3ccc4c(ccc5ccccc54)c3)cc21. The lowest BCUT2D eigenvalue weighted by atomic mass is 9.82. The lowest BCUT2D eigenvalue weighted by Gasteiger charge is -2.31. The lowest BCUT2D eigenvalue weighted by molar-refractivity contribution is 0.660. The van der Waals surface area contributed by atoms with Crippen molar-refractivity contribution in [1.82, 2.24) is 0 Å². The summed E-state index contributed by atoms with van der Waals surface area (Å²) in [6.45, 7) is 4.73. The molecule has 1 aliphatic carbocycles. The quantitative estimate of drug-likeness (QED) is 0.161. The Labute approximate surface area is 327 Å². The molecule has 0 bridgehead atoms. The summed E-state index contributed by atoms with van der Waals surface area (Å²) in [7, 11) is 0. The second kappa shape index (κ2) is 12.5. The molecule has 10 aromatic carbocycles. The number of hydrogen-bond acceptors (Lipinski definition) is 1. The van der Waals surface area contributed by atoms with Crippen LogP contribution in [0.4, 0.5) is 17.1 Å². The van der Waals surface area contributed by atoms with Gasteiger partial charge in [0.05, 0.1) is 11.4 Å². The number of rotatable bonds is 5. The van der Waals surface area contributed by atoms with E-state index in [0.717, 1.165) is 17.1 Å². The fourth-order valence-corrected chi connectivity index (χ4v) is 9.43. The third-order valence-electron chi connectivity index (χ3n) is 12.2. The van der Waals surface area contributed by atoms with Gasteiger partial charge in [-0.1, -0.05) is 178 Å². The van der Waals surface area contributed by atoms with E-state index < -0.39 is 0 Å². The molecule has 0 spiro atoms. The van der Waals surface area contributed by atoms with Crippen LogP contribution in [0.25, 0.3) is 76.5 Å². The summed E-state index contributed by atoms with van der Waals surface area (Å²) < 4.78 is 0. The van der Waals surface area contributed by atoms with Crippen LogP contribution in [0.15, 0.2) is 200 Å². The molecule has 0 unspecified atom stereocenters. The highest BCUT2D eigenvalue weighted by molar-refractivity contribution is 6.10. The van der Waals surface area contributed by atoms with Crippen LogP contribution in [-0.2, 0) is 5.41 Å². The Balaban J connectivity index is 1.14. The predicted octanol–water partition coefficient (Wildman–Crippen LogP) is 15.4. The van der Waals surface area contributed by atoms with Crippen LogP contribution in [0.5, 0.6) is 0 Å². The maximum absolute atomic E-state index is 2.50. The summed E-state index contributed by atoms with van der Waals surface area (Å²) in [5.74, 6) is 0. The monoisotopic (exact) mass is 713 g/mol. The zero-order valence-electron chi connectivity index (χ0n) is 31.5. The normalized spacial score (nSPS) is 13.0. The molecule has 264 valence electrons. The van der Waals surface area contributed by atoms with Crippen LogP contribution in [-0.4, -0.2) is 0 Å². The Hall–Kier alpha value is -6.96. The number of anilines is 3. The van der Waals surface area contributed by atoms with Gasteiger partial charge in [-0.3, -0.25) is 0 Å². The Morgan fingerprint density at radius 2 is 0.768 bits per heavy atom. The van der Waals surface area contributed by atoms with Gasteiger partial charge in [-0.15, -0.1) is 0 Å². The average molecular weight is 714 g/mol. The van der Waals surface area contributed by atoms with Crippen LogP contribution in [0.1, 0.15) is 25.0 Å². The highest BCUT2D eigenvalue weighted by Gasteiger charge is 2.36. The van der Waals surface area contributed by atoms with E-state index in [0.29, 0.717) is 0 Å². The van der Waals surface area contributed by atoms with E-state index in [1.54, 1.807) is 0 Å². The number of benzene rings is 10. The average Bonchev–Trinajstić information content (AvgIpc) is 3.49. The molecule has 0 saturated carbocycles. The zero-order valence-corrected chi connectivity index (χ0v) is 31.5. The second-order valence-corrected chi connectivity index (χ2v) is 15.7. The number of fused-ring (bicyclic) bond motifs is 9. The fraction of sp³-hybridized carbons (Fsp3) is 0.0545. The Morgan fingerprint density at radius 1 is 0.321 bits per heavy atom.